The third kappa shape index (κ3) is 5.59. The summed E-state index contributed by atoms with van der Waals surface area (Å²) >= 11 is 1.45. The Bertz CT molecular complexity index is 1900. The van der Waals surface area contributed by atoms with Gasteiger partial charge in [0.25, 0.3) is 0 Å². The molecule has 5 aromatic rings. The highest BCUT2D eigenvalue weighted by atomic mass is 32.2. The van der Waals surface area contributed by atoms with Gasteiger partial charge in [0.05, 0.1) is 18.5 Å². The zero-order valence-corrected chi connectivity index (χ0v) is 24.6. The Morgan fingerprint density at radius 2 is 1.83 bits per heavy atom. The van der Waals surface area contributed by atoms with Crippen LogP contribution in [-0.4, -0.2) is 30.3 Å². The predicted octanol–water partition coefficient (Wildman–Crippen LogP) is 6.45. The van der Waals surface area contributed by atoms with Crippen molar-refractivity contribution in [3.63, 3.8) is 0 Å². The van der Waals surface area contributed by atoms with E-state index in [4.69, 9.17) is 15.0 Å². The minimum atomic E-state index is -4.20. The number of hydrogen-bond acceptors (Lipinski definition) is 6. The zero-order valence-electron chi connectivity index (χ0n) is 23.0. The van der Waals surface area contributed by atoms with Gasteiger partial charge in [-0.05, 0) is 91.3 Å². The first-order valence-electron chi connectivity index (χ1n) is 13.4. The second kappa shape index (κ2) is 11.0. The second-order valence-electron chi connectivity index (χ2n) is 10.5. The van der Waals surface area contributed by atoms with E-state index >= 15 is 4.39 Å². The maximum Gasteiger partial charge on any atom is 0.240 e. The highest BCUT2D eigenvalue weighted by Gasteiger charge is 2.29. The molecule has 11 heteroatoms. The van der Waals surface area contributed by atoms with Crippen LogP contribution in [0.15, 0.2) is 71.1 Å². The first-order chi connectivity index (χ1) is 20.1. The molecular formula is C31H28F2N4O3S2. The van der Waals surface area contributed by atoms with Crippen LogP contribution in [0.5, 0.6) is 5.75 Å². The van der Waals surface area contributed by atoms with Gasteiger partial charge < -0.3 is 4.74 Å². The number of rotatable bonds is 9. The number of benzene rings is 3. The standard InChI is InChI=1S/C31H28F2N4O3S2/c1-18-13-21(7-9-28(18)40-2)23-17-22(6-8-25(23)32)30-24(14-20-5-10-29(26(33)15-20)42(34,38)39)27(16-19-3-4-19)37(36-30)31-35-11-12-41-31/h5-13,15,17,19H,3-4,14,16H2,1-2H3,(H2,34,38,39). The highest BCUT2D eigenvalue weighted by molar-refractivity contribution is 7.89. The molecule has 0 amide bonds. The van der Waals surface area contributed by atoms with Crippen LogP contribution in [0.4, 0.5) is 8.78 Å². The molecule has 216 valence electrons. The number of nitrogens with zero attached hydrogens (tertiary/aromatic N) is 3. The Labute approximate surface area is 246 Å². The van der Waals surface area contributed by atoms with Gasteiger partial charge in [0.2, 0.25) is 15.2 Å². The van der Waals surface area contributed by atoms with Gasteiger partial charge in [-0.3, -0.25) is 0 Å². The molecule has 1 aliphatic rings. The summed E-state index contributed by atoms with van der Waals surface area (Å²) in [6.45, 7) is 1.91. The summed E-state index contributed by atoms with van der Waals surface area (Å²) in [6, 6.07) is 14.4. The minimum Gasteiger partial charge on any atom is -0.496 e. The highest BCUT2D eigenvalue weighted by Crippen LogP contribution is 2.39. The lowest BCUT2D eigenvalue weighted by Gasteiger charge is -2.12. The summed E-state index contributed by atoms with van der Waals surface area (Å²) in [5.74, 6) is -0.0700. The van der Waals surface area contributed by atoms with Gasteiger partial charge in [-0.25, -0.2) is 32.0 Å². The largest absolute Gasteiger partial charge is 0.496 e. The van der Waals surface area contributed by atoms with E-state index in [0.717, 1.165) is 36.1 Å². The first-order valence-corrected chi connectivity index (χ1v) is 15.8. The monoisotopic (exact) mass is 606 g/mol. The van der Waals surface area contributed by atoms with Crippen molar-refractivity contribution in [2.24, 2.45) is 11.1 Å². The molecule has 6 rings (SSSR count). The maximum atomic E-state index is 15.2. The number of sulfonamides is 1. The van der Waals surface area contributed by atoms with Crippen LogP contribution in [0.25, 0.3) is 27.5 Å². The van der Waals surface area contributed by atoms with Crippen molar-refractivity contribution in [3.8, 4) is 33.3 Å². The molecule has 0 spiro atoms. The third-order valence-corrected chi connectivity index (χ3v) is 9.19. The van der Waals surface area contributed by atoms with Crippen LogP contribution in [0.1, 0.15) is 35.2 Å². The van der Waals surface area contributed by atoms with Crippen molar-refractivity contribution in [3.05, 3.63) is 100 Å². The minimum absolute atomic E-state index is 0.277. The van der Waals surface area contributed by atoms with Crippen molar-refractivity contribution in [2.75, 3.05) is 7.11 Å². The van der Waals surface area contributed by atoms with Gasteiger partial charge in [-0.2, -0.15) is 5.10 Å². The fourth-order valence-electron chi connectivity index (χ4n) is 5.22. The number of nitrogens with two attached hydrogens (primary N) is 1. The molecule has 2 aromatic heterocycles. The molecule has 42 heavy (non-hydrogen) atoms. The van der Waals surface area contributed by atoms with Crippen molar-refractivity contribution in [1.82, 2.24) is 14.8 Å². The van der Waals surface area contributed by atoms with Crippen LogP contribution >= 0.6 is 11.3 Å². The van der Waals surface area contributed by atoms with Crippen LogP contribution in [0, 0.1) is 24.5 Å². The lowest BCUT2D eigenvalue weighted by molar-refractivity contribution is 0.412. The molecule has 0 unspecified atom stereocenters. The Balaban J connectivity index is 1.51. The fraction of sp³-hybridized carbons (Fsp3) is 0.226. The number of thiazole rings is 1. The predicted molar refractivity (Wildman–Crippen MR) is 158 cm³/mol. The van der Waals surface area contributed by atoms with Gasteiger partial charge in [0, 0.05) is 34.7 Å². The number of aromatic nitrogens is 3. The van der Waals surface area contributed by atoms with E-state index in [1.165, 1.54) is 29.5 Å². The quantitative estimate of drug-likeness (QED) is 0.208. The molecule has 0 saturated heterocycles. The van der Waals surface area contributed by atoms with Crippen LogP contribution in [0.3, 0.4) is 0 Å². The van der Waals surface area contributed by atoms with E-state index < -0.39 is 20.7 Å². The van der Waals surface area contributed by atoms with Crippen LogP contribution < -0.4 is 9.88 Å². The molecule has 0 atom stereocenters. The van der Waals surface area contributed by atoms with E-state index in [9.17, 15) is 12.8 Å². The van der Waals surface area contributed by atoms with Crippen molar-refractivity contribution < 1.29 is 21.9 Å². The zero-order chi connectivity index (χ0) is 29.6. The summed E-state index contributed by atoms with van der Waals surface area (Å²) in [5.41, 5.74) is 5.68. The van der Waals surface area contributed by atoms with E-state index in [0.29, 0.717) is 44.7 Å². The molecule has 2 heterocycles. The molecule has 0 radical (unpaired) electrons. The molecule has 2 N–H and O–H groups in total. The number of hydrogen-bond donors (Lipinski definition) is 1. The summed E-state index contributed by atoms with van der Waals surface area (Å²) < 4.78 is 60.9. The molecular weight excluding hydrogens is 578 g/mol. The number of methoxy groups -OCH3 is 1. The SMILES string of the molecule is COc1ccc(-c2cc(-c3nn(-c4nccs4)c(CC4CC4)c3Cc3ccc(S(N)(=O)=O)c(F)c3)ccc2F)cc1C. The lowest BCUT2D eigenvalue weighted by Crippen LogP contribution is -2.14. The van der Waals surface area contributed by atoms with Crippen molar-refractivity contribution in [2.45, 2.75) is 37.5 Å². The number of aryl methyl sites for hydroxylation is 1. The number of ether oxygens (including phenoxy) is 1. The molecule has 1 fully saturated rings. The average molecular weight is 607 g/mol. The van der Waals surface area contributed by atoms with E-state index in [-0.39, 0.29) is 12.2 Å². The Morgan fingerprint density at radius 3 is 2.48 bits per heavy atom. The summed E-state index contributed by atoms with van der Waals surface area (Å²) in [4.78, 5) is 3.94. The molecule has 0 aliphatic heterocycles. The topological polar surface area (TPSA) is 100 Å². The molecule has 1 aliphatic carbocycles. The van der Waals surface area contributed by atoms with E-state index in [1.54, 1.807) is 31.5 Å². The molecule has 7 nitrogen and oxygen atoms in total. The van der Waals surface area contributed by atoms with Crippen molar-refractivity contribution >= 4 is 21.4 Å². The average Bonchev–Trinajstić information content (AvgIpc) is 3.47. The molecule has 1 saturated carbocycles. The Kier molecular flexibility index (Phi) is 7.42. The van der Waals surface area contributed by atoms with Crippen LogP contribution in [-0.2, 0) is 22.9 Å². The van der Waals surface area contributed by atoms with Gasteiger partial charge in [-0.15, -0.1) is 11.3 Å². The van der Waals surface area contributed by atoms with E-state index in [2.05, 4.69) is 4.98 Å². The summed E-state index contributed by atoms with van der Waals surface area (Å²) in [7, 11) is -2.61. The Morgan fingerprint density at radius 1 is 1.05 bits per heavy atom. The lowest BCUT2D eigenvalue weighted by atomic mass is 9.94. The maximum absolute atomic E-state index is 15.2. The number of halogens is 2. The first kappa shape index (κ1) is 28.2. The van der Waals surface area contributed by atoms with Gasteiger partial charge in [0.15, 0.2) is 0 Å². The smallest absolute Gasteiger partial charge is 0.240 e. The van der Waals surface area contributed by atoms with Crippen LogP contribution in [0.2, 0.25) is 0 Å². The normalized spacial score (nSPS) is 13.5. The second-order valence-corrected chi connectivity index (χ2v) is 12.9. The third-order valence-electron chi connectivity index (χ3n) is 7.50. The van der Waals surface area contributed by atoms with Gasteiger partial charge in [0.1, 0.15) is 22.3 Å². The summed E-state index contributed by atoms with van der Waals surface area (Å²) in [5, 5.41) is 12.8. The molecule has 0 bridgehead atoms. The Hall–Kier alpha value is -3.93. The number of primary sulfonamides is 1. The molecule has 3 aromatic carbocycles. The van der Waals surface area contributed by atoms with Crippen molar-refractivity contribution in [1.29, 1.82) is 0 Å². The van der Waals surface area contributed by atoms with Gasteiger partial charge in [-0.1, -0.05) is 12.1 Å². The fourth-order valence-corrected chi connectivity index (χ4v) is 6.42. The van der Waals surface area contributed by atoms with Gasteiger partial charge >= 0.3 is 0 Å². The summed E-state index contributed by atoms with van der Waals surface area (Å²) in [6.07, 6.45) is 4.95. The van der Waals surface area contributed by atoms with E-state index in [1.807, 2.05) is 35.2 Å².